The fourth-order valence-electron chi connectivity index (χ4n) is 2.13. The zero-order chi connectivity index (χ0) is 15.4. The Bertz CT molecular complexity index is 736. The maximum Gasteiger partial charge on any atom is 0.153 e. The van der Waals surface area contributed by atoms with Gasteiger partial charge in [-0.25, -0.2) is 18.4 Å². The first kappa shape index (κ1) is 14.3. The molecule has 0 spiro atoms. The third kappa shape index (κ3) is 3.17. The SMILES string of the molecule is Fc1cccc(F)c1CNCc1ccnc(-n2cccn2)c1. The van der Waals surface area contributed by atoms with Gasteiger partial charge in [-0.1, -0.05) is 6.07 Å². The molecule has 2 heterocycles. The van der Waals surface area contributed by atoms with Crippen LogP contribution in [-0.4, -0.2) is 14.8 Å². The second kappa shape index (κ2) is 6.44. The number of benzene rings is 1. The first-order valence-corrected chi connectivity index (χ1v) is 6.82. The van der Waals surface area contributed by atoms with E-state index in [1.165, 1.54) is 18.2 Å². The molecule has 0 aliphatic rings. The summed E-state index contributed by atoms with van der Waals surface area (Å²) in [4.78, 5) is 4.23. The van der Waals surface area contributed by atoms with E-state index in [4.69, 9.17) is 0 Å². The Kier molecular flexibility index (Phi) is 4.20. The predicted molar refractivity (Wildman–Crippen MR) is 78.3 cm³/mol. The zero-order valence-corrected chi connectivity index (χ0v) is 11.7. The standard InChI is InChI=1S/C16H14F2N4/c17-14-3-1-4-15(18)13(14)11-19-10-12-5-7-20-16(9-12)22-8-2-6-21-22/h1-9,19H,10-11H2. The van der Waals surface area contributed by atoms with Crippen LogP contribution in [0.3, 0.4) is 0 Å². The zero-order valence-electron chi connectivity index (χ0n) is 11.7. The van der Waals surface area contributed by atoms with Gasteiger partial charge in [-0.2, -0.15) is 5.10 Å². The van der Waals surface area contributed by atoms with Crippen LogP contribution in [0.4, 0.5) is 8.78 Å². The molecule has 0 bridgehead atoms. The number of rotatable bonds is 5. The second-order valence-corrected chi connectivity index (χ2v) is 4.78. The van der Waals surface area contributed by atoms with E-state index in [1.807, 2.05) is 18.2 Å². The number of pyridine rings is 1. The minimum Gasteiger partial charge on any atom is -0.308 e. The normalized spacial score (nSPS) is 10.8. The smallest absolute Gasteiger partial charge is 0.153 e. The Morgan fingerprint density at radius 3 is 2.55 bits per heavy atom. The Morgan fingerprint density at radius 2 is 1.82 bits per heavy atom. The van der Waals surface area contributed by atoms with Gasteiger partial charge in [0.15, 0.2) is 5.82 Å². The van der Waals surface area contributed by atoms with Crippen LogP contribution in [0.25, 0.3) is 5.82 Å². The molecule has 4 nitrogen and oxygen atoms in total. The van der Waals surface area contributed by atoms with Crippen molar-refractivity contribution < 1.29 is 8.78 Å². The number of nitrogens with zero attached hydrogens (tertiary/aromatic N) is 3. The fraction of sp³-hybridized carbons (Fsp3) is 0.125. The van der Waals surface area contributed by atoms with Gasteiger partial charge in [0.1, 0.15) is 11.6 Å². The van der Waals surface area contributed by atoms with Crippen LogP contribution in [0.15, 0.2) is 55.0 Å². The van der Waals surface area contributed by atoms with E-state index in [0.29, 0.717) is 12.4 Å². The quantitative estimate of drug-likeness (QED) is 0.788. The van der Waals surface area contributed by atoms with Gasteiger partial charge >= 0.3 is 0 Å². The van der Waals surface area contributed by atoms with Crippen LogP contribution in [-0.2, 0) is 13.1 Å². The van der Waals surface area contributed by atoms with Crippen molar-refractivity contribution in [1.29, 1.82) is 0 Å². The average molecular weight is 300 g/mol. The lowest BCUT2D eigenvalue weighted by molar-refractivity contribution is 0.535. The van der Waals surface area contributed by atoms with Gasteiger partial charge < -0.3 is 5.32 Å². The highest BCUT2D eigenvalue weighted by Gasteiger charge is 2.07. The highest BCUT2D eigenvalue weighted by Crippen LogP contribution is 2.12. The lowest BCUT2D eigenvalue weighted by atomic mass is 10.2. The molecule has 0 saturated carbocycles. The molecule has 22 heavy (non-hydrogen) atoms. The maximum absolute atomic E-state index is 13.5. The first-order valence-electron chi connectivity index (χ1n) is 6.82. The van der Waals surface area contributed by atoms with Gasteiger partial charge in [0.05, 0.1) is 0 Å². The summed E-state index contributed by atoms with van der Waals surface area (Å²) in [5, 5.41) is 7.15. The van der Waals surface area contributed by atoms with Crippen molar-refractivity contribution in [3.8, 4) is 5.82 Å². The van der Waals surface area contributed by atoms with Crippen LogP contribution in [0, 0.1) is 11.6 Å². The van der Waals surface area contributed by atoms with Gasteiger partial charge in [0.25, 0.3) is 0 Å². The number of halogens is 2. The van der Waals surface area contributed by atoms with Gasteiger partial charge in [-0.05, 0) is 35.9 Å². The van der Waals surface area contributed by atoms with E-state index in [2.05, 4.69) is 15.4 Å². The summed E-state index contributed by atoms with van der Waals surface area (Å²) in [5.41, 5.74) is 1.00. The van der Waals surface area contributed by atoms with E-state index in [9.17, 15) is 8.78 Å². The number of nitrogens with one attached hydrogen (secondary N) is 1. The lowest BCUT2D eigenvalue weighted by Gasteiger charge is -2.08. The average Bonchev–Trinajstić information content (AvgIpc) is 3.05. The maximum atomic E-state index is 13.5. The van der Waals surface area contributed by atoms with Gasteiger partial charge in [-0.3, -0.25) is 0 Å². The summed E-state index contributed by atoms with van der Waals surface area (Å²) < 4.78 is 28.7. The highest BCUT2D eigenvalue weighted by molar-refractivity contribution is 5.27. The monoisotopic (exact) mass is 300 g/mol. The summed E-state index contributed by atoms with van der Waals surface area (Å²) in [6.45, 7) is 0.600. The Balaban J connectivity index is 1.66. The molecule has 0 aliphatic heterocycles. The molecule has 0 radical (unpaired) electrons. The number of hydrogen-bond donors (Lipinski definition) is 1. The molecule has 3 rings (SSSR count). The Morgan fingerprint density at radius 1 is 1.00 bits per heavy atom. The van der Waals surface area contributed by atoms with E-state index in [0.717, 1.165) is 5.56 Å². The number of aromatic nitrogens is 3. The minimum absolute atomic E-state index is 0.0452. The third-order valence-corrected chi connectivity index (χ3v) is 3.24. The Labute approximate surface area is 126 Å². The van der Waals surface area contributed by atoms with Gasteiger partial charge in [0, 0.05) is 37.2 Å². The lowest BCUT2D eigenvalue weighted by Crippen LogP contribution is -2.15. The Hall–Kier alpha value is -2.60. The molecule has 3 aromatic rings. The molecule has 0 fully saturated rings. The van der Waals surface area contributed by atoms with E-state index < -0.39 is 11.6 Å². The molecule has 0 amide bonds. The summed E-state index contributed by atoms with van der Waals surface area (Å²) in [7, 11) is 0. The molecule has 112 valence electrons. The third-order valence-electron chi connectivity index (χ3n) is 3.24. The fourth-order valence-corrected chi connectivity index (χ4v) is 2.13. The van der Waals surface area contributed by atoms with Crippen molar-refractivity contribution in [2.45, 2.75) is 13.1 Å². The van der Waals surface area contributed by atoms with Crippen molar-refractivity contribution in [1.82, 2.24) is 20.1 Å². The van der Waals surface area contributed by atoms with Crippen molar-refractivity contribution >= 4 is 0 Å². The summed E-state index contributed by atoms with van der Waals surface area (Å²) in [6, 6.07) is 9.39. The van der Waals surface area contributed by atoms with Crippen LogP contribution in [0.2, 0.25) is 0 Å². The van der Waals surface area contributed by atoms with Crippen molar-refractivity contribution in [2.75, 3.05) is 0 Å². The van der Waals surface area contributed by atoms with Gasteiger partial charge in [-0.15, -0.1) is 0 Å². The van der Waals surface area contributed by atoms with E-state index in [1.54, 1.807) is 23.3 Å². The predicted octanol–water partition coefficient (Wildman–Crippen LogP) is 2.84. The molecule has 2 aromatic heterocycles. The number of hydrogen-bond acceptors (Lipinski definition) is 3. The van der Waals surface area contributed by atoms with E-state index >= 15 is 0 Å². The molecule has 6 heteroatoms. The molecule has 0 saturated heterocycles. The molecule has 0 aliphatic carbocycles. The largest absolute Gasteiger partial charge is 0.308 e. The highest BCUT2D eigenvalue weighted by atomic mass is 19.1. The minimum atomic E-state index is -0.542. The van der Waals surface area contributed by atoms with Crippen LogP contribution < -0.4 is 5.32 Å². The topological polar surface area (TPSA) is 42.7 Å². The van der Waals surface area contributed by atoms with Crippen LogP contribution in [0.1, 0.15) is 11.1 Å². The molecular formula is C16H14F2N4. The van der Waals surface area contributed by atoms with Crippen LogP contribution >= 0.6 is 0 Å². The van der Waals surface area contributed by atoms with Crippen LogP contribution in [0.5, 0.6) is 0 Å². The molecule has 0 atom stereocenters. The van der Waals surface area contributed by atoms with Crippen molar-refractivity contribution in [2.24, 2.45) is 0 Å². The summed E-state index contributed by atoms with van der Waals surface area (Å²) >= 11 is 0. The van der Waals surface area contributed by atoms with Gasteiger partial charge in [0.2, 0.25) is 0 Å². The molecule has 0 unspecified atom stereocenters. The van der Waals surface area contributed by atoms with E-state index in [-0.39, 0.29) is 12.1 Å². The molecular weight excluding hydrogens is 286 g/mol. The summed E-state index contributed by atoms with van der Waals surface area (Å²) in [5.74, 6) is -0.389. The summed E-state index contributed by atoms with van der Waals surface area (Å²) in [6.07, 6.45) is 5.15. The van der Waals surface area contributed by atoms with Crippen molar-refractivity contribution in [3.63, 3.8) is 0 Å². The molecule has 1 aromatic carbocycles. The first-order chi connectivity index (χ1) is 10.7. The molecule has 1 N–H and O–H groups in total. The second-order valence-electron chi connectivity index (χ2n) is 4.78. The van der Waals surface area contributed by atoms with Crippen molar-refractivity contribution in [3.05, 3.63) is 77.8 Å².